The Kier molecular flexibility index (Phi) is 2.81. The summed E-state index contributed by atoms with van der Waals surface area (Å²) in [6.07, 6.45) is -3.78. The Morgan fingerprint density at radius 3 is 2.64 bits per heavy atom. The van der Waals surface area contributed by atoms with Crippen LogP contribution in [0.5, 0.6) is 5.75 Å². The number of rotatable bonds is 1. The van der Waals surface area contributed by atoms with Crippen molar-refractivity contribution in [3.8, 4) is 11.8 Å². The minimum atomic E-state index is -4.89. The van der Waals surface area contributed by atoms with Gasteiger partial charge in [-0.25, -0.2) is 4.98 Å². The van der Waals surface area contributed by atoms with Gasteiger partial charge < -0.3 is 4.74 Å². The number of ether oxygens (including phenoxy) is 1. The molecule has 1 aromatic rings. The van der Waals surface area contributed by atoms with Crippen molar-refractivity contribution in [1.29, 1.82) is 5.26 Å². The topological polar surface area (TPSA) is 45.9 Å². The highest BCUT2D eigenvalue weighted by Crippen LogP contribution is 2.31. The van der Waals surface area contributed by atoms with E-state index in [4.69, 9.17) is 16.9 Å². The molecule has 0 aliphatic heterocycles. The SMILES string of the molecule is N#Cc1nccc(Cl)c1OC(F)(F)F. The molecule has 1 heterocycles. The summed E-state index contributed by atoms with van der Waals surface area (Å²) in [5, 5.41) is 8.11. The molecule has 0 unspecified atom stereocenters. The van der Waals surface area contributed by atoms with E-state index in [-0.39, 0.29) is 5.02 Å². The minimum Gasteiger partial charge on any atom is -0.401 e. The Morgan fingerprint density at radius 1 is 1.50 bits per heavy atom. The average Bonchev–Trinajstić information content (AvgIpc) is 2.06. The van der Waals surface area contributed by atoms with Crippen LogP contribution in [0.1, 0.15) is 5.69 Å². The summed E-state index contributed by atoms with van der Waals surface area (Å²) in [7, 11) is 0. The van der Waals surface area contributed by atoms with Gasteiger partial charge in [0.1, 0.15) is 6.07 Å². The Labute approximate surface area is 81.7 Å². The van der Waals surface area contributed by atoms with E-state index in [2.05, 4.69) is 9.72 Å². The molecule has 7 heteroatoms. The zero-order valence-electron chi connectivity index (χ0n) is 6.47. The lowest BCUT2D eigenvalue weighted by molar-refractivity contribution is -0.274. The Morgan fingerprint density at radius 2 is 2.14 bits per heavy atom. The lowest BCUT2D eigenvalue weighted by Crippen LogP contribution is -2.18. The van der Waals surface area contributed by atoms with Crippen LogP contribution >= 0.6 is 11.6 Å². The highest BCUT2D eigenvalue weighted by Gasteiger charge is 2.33. The Balaban J connectivity index is 3.13. The third kappa shape index (κ3) is 2.50. The summed E-state index contributed by atoms with van der Waals surface area (Å²) in [5.41, 5.74) is -0.505. The van der Waals surface area contributed by atoms with E-state index < -0.39 is 17.8 Å². The summed E-state index contributed by atoms with van der Waals surface area (Å²) < 4.78 is 39.0. The third-order valence-corrected chi connectivity index (χ3v) is 1.48. The van der Waals surface area contributed by atoms with E-state index in [0.717, 1.165) is 12.3 Å². The first-order valence-corrected chi connectivity index (χ1v) is 3.62. The first-order valence-electron chi connectivity index (χ1n) is 3.24. The Bertz CT molecular complexity index is 386. The highest BCUT2D eigenvalue weighted by molar-refractivity contribution is 6.32. The zero-order valence-corrected chi connectivity index (χ0v) is 7.23. The summed E-state index contributed by atoms with van der Waals surface area (Å²) >= 11 is 5.40. The number of nitriles is 1. The van der Waals surface area contributed by atoms with Crippen molar-refractivity contribution < 1.29 is 17.9 Å². The molecule has 0 saturated heterocycles. The van der Waals surface area contributed by atoms with Gasteiger partial charge in [-0.3, -0.25) is 0 Å². The van der Waals surface area contributed by atoms with Crippen molar-refractivity contribution in [3.63, 3.8) is 0 Å². The van der Waals surface area contributed by atoms with Gasteiger partial charge in [0, 0.05) is 6.20 Å². The molecule has 0 aliphatic carbocycles. The molecule has 0 N–H and O–H groups in total. The minimum absolute atomic E-state index is 0.311. The lowest BCUT2D eigenvalue weighted by Gasteiger charge is -2.10. The van der Waals surface area contributed by atoms with Crippen LogP contribution < -0.4 is 4.74 Å². The van der Waals surface area contributed by atoms with Gasteiger partial charge in [-0.05, 0) is 6.07 Å². The standard InChI is InChI=1S/C7H2ClF3N2O/c8-4-1-2-13-5(3-12)6(4)14-7(9,10)11/h1-2H. The number of aromatic nitrogens is 1. The molecular formula is C7H2ClF3N2O. The molecule has 0 aliphatic rings. The van der Waals surface area contributed by atoms with Gasteiger partial charge in [0.05, 0.1) is 5.02 Å². The van der Waals surface area contributed by atoms with Gasteiger partial charge in [0.2, 0.25) is 0 Å². The average molecular weight is 223 g/mol. The molecular weight excluding hydrogens is 221 g/mol. The number of pyridine rings is 1. The monoisotopic (exact) mass is 222 g/mol. The smallest absolute Gasteiger partial charge is 0.401 e. The number of hydrogen-bond acceptors (Lipinski definition) is 3. The van der Waals surface area contributed by atoms with Crippen LogP contribution in [0.15, 0.2) is 12.3 Å². The normalized spacial score (nSPS) is 10.8. The van der Waals surface area contributed by atoms with Crippen LogP contribution in [0, 0.1) is 11.3 Å². The lowest BCUT2D eigenvalue weighted by atomic mass is 10.3. The third-order valence-electron chi connectivity index (χ3n) is 1.18. The number of halogens is 4. The van der Waals surface area contributed by atoms with Crippen LogP contribution in [-0.2, 0) is 0 Å². The van der Waals surface area contributed by atoms with E-state index in [1.807, 2.05) is 0 Å². The van der Waals surface area contributed by atoms with E-state index in [1.165, 1.54) is 6.07 Å². The van der Waals surface area contributed by atoms with Gasteiger partial charge in [-0.1, -0.05) is 11.6 Å². The van der Waals surface area contributed by atoms with Crippen molar-refractivity contribution in [3.05, 3.63) is 23.0 Å². The molecule has 0 fully saturated rings. The summed E-state index contributed by atoms with van der Waals surface area (Å²) in [5.74, 6) is -0.774. The molecule has 0 bridgehead atoms. The van der Waals surface area contributed by atoms with Gasteiger partial charge in [0.15, 0.2) is 11.4 Å². The fourth-order valence-electron chi connectivity index (χ4n) is 0.717. The molecule has 1 rings (SSSR count). The molecule has 74 valence electrons. The predicted octanol–water partition coefficient (Wildman–Crippen LogP) is 2.51. The van der Waals surface area contributed by atoms with Crippen LogP contribution in [-0.4, -0.2) is 11.3 Å². The number of alkyl halides is 3. The fourth-order valence-corrected chi connectivity index (χ4v) is 0.902. The van der Waals surface area contributed by atoms with Gasteiger partial charge in [-0.15, -0.1) is 13.2 Å². The van der Waals surface area contributed by atoms with Crippen molar-refractivity contribution in [2.75, 3.05) is 0 Å². The maximum absolute atomic E-state index is 11.8. The quantitative estimate of drug-likeness (QED) is 0.733. The van der Waals surface area contributed by atoms with E-state index in [0.29, 0.717) is 0 Å². The molecule has 3 nitrogen and oxygen atoms in total. The fraction of sp³-hybridized carbons (Fsp3) is 0.143. The molecule has 0 atom stereocenters. The molecule has 0 radical (unpaired) electrons. The molecule has 14 heavy (non-hydrogen) atoms. The van der Waals surface area contributed by atoms with Gasteiger partial charge >= 0.3 is 6.36 Å². The maximum Gasteiger partial charge on any atom is 0.573 e. The second-order valence-electron chi connectivity index (χ2n) is 2.13. The first-order chi connectivity index (χ1) is 6.44. The van der Waals surface area contributed by atoms with Crippen LogP contribution in [0.2, 0.25) is 5.02 Å². The van der Waals surface area contributed by atoms with Crippen LogP contribution in [0.3, 0.4) is 0 Å². The van der Waals surface area contributed by atoms with E-state index >= 15 is 0 Å². The summed E-state index contributed by atoms with van der Waals surface area (Å²) in [6.45, 7) is 0. The largest absolute Gasteiger partial charge is 0.573 e. The summed E-state index contributed by atoms with van der Waals surface area (Å²) in [4.78, 5) is 3.37. The second-order valence-corrected chi connectivity index (χ2v) is 2.54. The second kappa shape index (κ2) is 3.72. The van der Waals surface area contributed by atoms with Gasteiger partial charge in [-0.2, -0.15) is 5.26 Å². The van der Waals surface area contributed by atoms with Crippen molar-refractivity contribution >= 4 is 11.6 Å². The summed E-state index contributed by atoms with van der Waals surface area (Å²) in [6, 6.07) is 2.54. The molecule has 0 amide bonds. The Hall–Kier alpha value is -1.48. The van der Waals surface area contributed by atoms with Crippen LogP contribution in [0.25, 0.3) is 0 Å². The predicted molar refractivity (Wildman–Crippen MR) is 40.6 cm³/mol. The van der Waals surface area contributed by atoms with E-state index in [1.54, 1.807) is 0 Å². The van der Waals surface area contributed by atoms with Crippen molar-refractivity contribution in [2.24, 2.45) is 0 Å². The van der Waals surface area contributed by atoms with Crippen LogP contribution in [0.4, 0.5) is 13.2 Å². The highest BCUT2D eigenvalue weighted by atomic mass is 35.5. The molecule has 0 aromatic carbocycles. The zero-order chi connectivity index (χ0) is 10.8. The number of hydrogen-bond donors (Lipinski definition) is 0. The molecule has 0 spiro atoms. The molecule has 0 saturated carbocycles. The first kappa shape index (κ1) is 10.6. The molecule has 1 aromatic heterocycles. The number of nitrogens with zero attached hydrogens (tertiary/aromatic N) is 2. The van der Waals surface area contributed by atoms with Gasteiger partial charge in [0.25, 0.3) is 0 Å². The van der Waals surface area contributed by atoms with E-state index in [9.17, 15) is 13.2 Å². The van der Waals surface area contributed by atoms with Crippen molar-refractivity contribution in [2.45, 2.75) is 6.36 Å². The maximum atomic E-state index is 11.8. The van der Waals surface area contributed by atoms with Crippen molar-refractivity contribution in [1.82, 2.24) is 4.98 Å².